The molecule has 4 N–H and O–H groups in total. The largest absolute Gasteiger partial charge is 0.481 e. The van der Waals surface area contributed by atoms with Gasteiger partial charge in [-0.05, 0) is 57.8 Å². The van der Waals surface area contributed by atoms with Crippen molar-refractivity contribution in [1.82, 2.24) is 10.6 Å². The third kappa shape index (κ3) is 17.9. The van der Waals surface area contributed by atoms with Crippen molar-refractivity contribution in [2.24, 2.45) is 0 Å². The highest BCUT2D eigenvalue weighted by molar-refractivity contribution is 8.00. The van der Waals surface area contributed by atoms with Crippen LogP contribution in [0.1, 0.15) is 96.8 Å². The molecule has 2 aliphatic heterocycles. The number of carbonyl (C=O) groups is 3. The molecule has 0 saturated carbocycles. The minimum Gasteiger partial charge on any atom is -0.481 e. The van der Waals surface area contributed by atoms with Gasteiger partial charge in [0.15, 0.2) is 0 Å². The summed E-state index contributed by atoms with van der Waals surface area (Å²) in [5.74, 6) is -0.476. The Morgan fingerprint density at radius 3 is 1.92 bits per heavy atom. The SMILES string of the molecule is CCCCC/C=C/C/C=C/C/C=C/C/C=C/CCCC(=O)O.O=C(O)CCCC[C@@H]1SC[C@@H]2NC(=O)N[C@@H]21. The van der Waals surface area contributed by atoms with E-state index in [1.807, 2.05) is 11.8 Å². The lowest BCUT2D eigenvalue weighted by Gasteiger charge is -2.16. The number of hydrogen-bond donors (Lipinski definition) is 4. The maximum Gasteiger partial charge on any atom is 0.315 e. The van der Waals surface area contributed by atoms with Crippen molar-refractivity contribution in [3.8, 4) is 0 Å². The molecule has 0 aromatic carbocycles. The topological polar surface area (TPSA) is 116 Å². The number of aliphatic carboxylic acids is 2. The first-order valence-corrected chi connectivity index (χ1v) is 15.2. The Morgan fingerprint density at radius 1 is 0.789 bits per heavy atom. The highest BCUT2D eigenvalue weighted by Crippen LogP contribution is 2.33. The first kappa shape index (κ1) is 33.5. The second-order valence-electron chi connectivity index (χ2n) is 9.64. The predicted molar refractivity (Wildman–Crippen MR) is 158 cm³/mol. The number of nitrogens with one attached hydrogen (secondary N) is 2. The molecule has 8 heteroatoms. The number of thioether (sulfide) groups is 1. The normalized spacial score (nSPS) is 20.7. The Labute approximate surface area is 233 Å². The van der Waals surface area contributed by atoms with Gasteiger partial charge in [-0.2, -0.15) is 11.8 Å². The van der Waals surface area contributed by atoms with Crippen LogP contribution >= 0.6 is 11.8 Å². The van der Waals surface area contributed by atoms with Crippen LogP contribution in [-0.2, 0) is 9.59 Å². The van der Waals surface area contributed by atoms with Crippen molar-refractivity contribution in [2.75, 3.05) is 5.75 Å². The van der Waals surface area contributed by atoms with Gasteiger partial charge in [-0.3, -0.25) is 9.59 Å². The lowest BCUT2D eigenvalue weighted by molar-refractivity contribution is -0.138. The molecule has 0 unspecified atom stereocenters. The van der Waals surface area contributed by atoms with Crippen LogP contribution in [0.2, 0.25) is 0 Å². The molecule has 2 rings (SSSR count). The summed E-state index contributed by atoms with van der Waals surface area (Å²) < 4.78 is 0. The van der Waals surface area contributed by atoms with E-state index in [1.165, 1.54) is 25.7 Å². The van der Waals surface area contributed by atoms with Crippen molar-refractivity contribution in [3.05, 3.63) is 48.6 Å². The summed E-state index contributed by atoms with van der Waals surface area (Å²) in [6.07, 6.45) is 30.2. The van der Waals surface area contributed by atoms with Crippen LogP contribution in [0.15, 0.2) is 48.6 Å². The number of hydrogen-bond acceptors (Lipinski definition) is 4. The van der Waals surface area contributed by atoms with Gasteiger partial charge in [0.25, 0.3) is 0 Å². The van der Waals surface area contributed by atoms with Gasteiger partial charge in [0.1, 0.15) is 0 Å². The zero-order chi connectivity index (χ0) is 27.8. The Balaban J connectivity index is 0.000000396. The fourth-order valence-corrected chi connectivity index (χ4v) is 5.74. The smallest absolute Gasteiger partial charge is 0.315 e. The second kappa shape index (κ2) is 22.5. The fourth-order valence-electron chi connectivity index (χ4n) is 4.20. The number of amides is 2. The third-order valence-corrected chi connectivity index (χ3v) is 7.80. The van der Waals surface area contributed by atoms with Crippen LogP contribution in [0.3, 0.4) is 0 Å². The Kier molecular flexibility index (Phi) is 19.9. The highest BCUT2D eigenvalue weighted by Gasteiger charge is 2.42. The van der Waals surface area contributed by atoms with Crippen LogP contribution in [0.25, 0.3) is 0 Å². The number of rotatable bonds is 19. The summed E-state index contributed by atoms with van der Waals surface area (Å²) in [6, 6.07) is 0.440. The summed E-state index contributed by atoms with van der Waals surface area (Å²) in [6.45, 7) is 2.23. The predicted octanol–water partition coefficient (Wildman–Crippen LogP) is 7.01. The van der Waals surface area contributed by atoms with Crippen LogP contribution < -0.4 is 10.6 Å². The molecular formula is C30H48N2O5S. The van der Waals surface area contributed by atoms with Gasteiger partial charge in [-0.25, -0.2) is 4.79 Å². The summed E-state index contributed by atoms with van der Waals surface area (Å²) in [4.78, 5) is 31.8. The van der Waals surface area contributed by atoms with Crippen molar-refractivity contribution in [2.45, 2.75) is 114 Å². The highest BCUT2D eigenvalue weighted by atomic mass is 32.2. The molecule has 7 nitrogen and oxygen atoms in total. The fraction of sp³-hybridized carbons (Fsp3) is 0.633. The molecule has 2 heterocycles. The maximum atomic E-state index is 11.1. The standard InChI is InChI=1S/C20H32O2.C10H16N2O3S/c1-2-3-4-5-6-7-8-9-10-11-12-13-14-15-16-17-18-19-20(21)22;13-8(14)4-2-1-3-7-9-6(5-16-7)11-10(15)12-9/h6-7,9-10,12-13,15-16H,2-5,8,11,14,17-19H2,1H3,(H,21,22);6-7,9H,1-5H2,(H,13,14)(H2,11,12,15)/b7-6+,10-9+,13-12+,16-15+;/t;6-,7-,9-/m.0/s1. The molecule has 0 spiro atoms. The number of carboxylic acid groups (broad SMARTS) is 2. The molecule has 0 bridgehead atoms. The van der Waals surface area contributed by atoms with Gasteiger partial charge < -0.3 is 20.8 Å². The van der Waals surface area contributed by atoms with Gasteiger partial charge >= 0.3 is 18.0 Å². The number of unbranched alkanes of at least 4 members (excludes halogenated alkanes) is 5. The summed E-state index contributed by atoms with van der Waals surface area (Å²) in [7, 11) is 0. The molecule has 2 fully saturated rings. The monoisotopic (exact) mass is 548 g/mol. The molecule has 2 saturated heterocycles. The molecule has 0 aromatic heterocycles. The molecule has 2 amide bonds. The average molecular weight is 549 g/mol. The van der Waals surface area contributed by atoms with Crippen LogP contribution in [0.4, 0.5) is 4.79 Å². The number of urea groups is 1. The van der Waals surface area contributed by atoms with Gasteiger partial charge in [-0.1, -0.05) is 74.8 Å². The summed E-state index contributed by atoms with van der Waals surface area (Å²) >= 11 is 1.87. The zero-order valence-corrected chi connectivity index (χ0v) is 23.8. The Bertz CT molecular complexity index is 794. The van der Waals surface area contributed by atoms with E-state index in [4.69, 9.17) is 10.2 Å². The number of allylic oxidation sites excluding steroid dienone is 8. The minimum absolute atomic E-state index is 0.0640. The summed E-state index contributed by atoms with van der Waals surface area (Å²) in [5.41, 5.74) is 0. The third-order valence-electron chi connectivity index (χ3n) is 6.29. The van der Waals surface area contributed by atoms with E-state index in [0.29, 0.717) is 5.25 Å². The lowest BCUT2D eigenvalue weighted by Crippen LogP contribution is -2.36. The Hall–Kier alpha value is -2.48. The van der Waals surface area contributed by atoms with E-state index in [-0.39, 0.29) is 31.0 Å². The first-order valence-electron chi connectivity index (χ1n) is 14.2. The van der Waals surface area contributed by atoms with Crippen molar-refractivity contribution in [3.63, 3.8) is 0 Å². The molecule has 214 valence electrons. The van der Waals surface area contributed by atoms with Crippen molar-refractivity contribution < 1.29 is 24.6 Å². The second-order valence-corrected chi connectivity index (χ2v) is 10.9. The van der Waals surface area contributed by atoms with Gasteiger partial charge in [0, 0.05) is 23.8 Å². The Morgan fingerprint density at radius 2 is 1.34 bits per heavy atom. The van der Waals surface area contributed by atoms with Crippen LogP contribution in [-0.4, -0.2) is 51.3 Å². The summed E-state index contributed by atoms with van der Waals surface area (Å²) in [5, 5.41) is 23.3. The van der Waals surface area contributed by atoms with Gasteiger partial charge in [0.05, 0.1) is 12.1 Å². The van der Waals surface area contributed by atoms with Crippen molar-refractivity contribution >= 4 is 29.7 Å². The van der Waals surface area contributed by atoms with Crippen LogP contribution in [0.5, 0.6) is 0 Å². The van der Waals surface area contributed by atoms with E-state index in [0.717, 1.165) is 57.1 Å². The average Bonchev–Trinajstić information content (AvgIpc) is 3.43. The zero-order valence-electron chi connectivity index (χ0n) is 23.0. The quantitative estimate of drug-likeness (QED) is 0.0784. The molecule has 2 aliphatic rings. The molecule has 0 aliphatic carbocycles. The molecule has 3 atom stereocenters. The number of fused-ring (bicyclic) bond motifs is 1. The van der Waals surface area contributed by atoms with E-state index in [1.54, 1.807) is 0 Å². The maximum absolute atomic E-state index is 11.1. The van der Waals surface area contributed by atoms with Gasteiger partial charge in [-0.15, -0.1) is 0 Å². The van der Waals surface area contributed by atoms with E-state index in [9.17, 15) is 14.4 Å². The van der Waals surface area contributed by atoms with E-state index in [2.05, 4.69) is 66.2 Å². The van der Waals surface area contributed by atoms with E-state index >= 15 is 0 Å². The lowest BCUT2D eigenvalue weighted by atomic mass is 10.0. The van der Waals surface area contributed by atoms with Gasteiger partial charge in [0.2, 0.25) is 0 Å². The molecular weight excluding hydrogens is 500 g/mol. The van der Waals surface area contributed by atoms with Crippen LogP contribution in [0, 0.1) is 0 Å². The number of carboxylic acids is 2. The minimum atomic E-state index is -0.729. The molecule has 0 aromatic rings. The number of carbonyl (C=O) groups excluding carboxylic acids is 1. The van der Waals surface area contributed by atoms with Crippen molar-refractivity contribution in [1.29, 1.82) is 0 Å². The molecule has 0 radical (unpaired) electrons. The first-order chi connectivity index (χ1) is 18.4. The van der Waals surface area contributed by atoms with E-state index < -0.39 is 11.9 Å². The molecule has 38 heavy (non-hydrogen) atoms.